The van der Waals surface area contributed by atoms with Crippen molar-refractivity contribution in [2.75, 3.05) is 0 Å². The Hall–Kier alpha value is -1.84. The van der Waals surface area contributed by atoms with Crippen LogP contribution in [0.2, 0.25) is 0 Å². The van der Waals surface area contributed by atoms with Gasteiger partial charge in [-0.25, -0.2) is 4.79 Å². The number of hydrogen-bond donors (Lipinski definition) is 1. The Morgan fingerprint density at radius 3 is 2.29 bits per heavy atom. The first kappa shape index (κ1) is 13.2. The van der Waals surface area contributed by atoms with Crippen LogP contribution in [0.25, 0.3) is 0 Å². The lowest BCUT2D eigenvalue weighted by molar-refractivity contribution is -0.139. The molecule has 0 aliphatic rings. The van der Waals surface area contributed by atoms with Crippen LogP contribution in [-0.2, 0) is 9.53 Å². The summed E-state index contributed by atoms with van der Waals surface area (Å²) in [5, 5.41) is 8.72. The summed E-state index contributed by atoms with van der Waals surface area (Å²) in [5.74, 6) is -1.48. The molecule has 0 radical (unpaired) electrons. The zero-order valence-corrected chi connectivity index (χ0v) is 9.92. The first-order chi connectivity index (χ1) is 8.00. The maximum atomic E-state index is 11.7. The molecule has 0 fully saturated rings. The quantitative estimate of drug-likeness (QED) is 0.797. The monoisotopic (exact) mass is 236 g/mol. The van der Waals surface area contributed by atoms with Gasteiger partial charge < -0.3 is 9.84 Å². The van der Waals surface area contributed by atoms with Crippen LogP contribution < -0.4 is 0 Å². The number of esters is 1. The fraction of sp³-hybridized carbons (Fsp3) is 0.385. The molecule has 1 unspecified atom stereocenters. The minimum atomic E-state index is -0.968. The first-order valence-electron chi connectivity index (χ1n) is 5.48. The molecule has 0 aliphatic carbocycles. The molecule has 0 heterocycles. The molecule has 0 spiro atoms. The summed E-state index contributed by atoms with van der Waals surface area (Å²) in [6.07, 6.45) is -0.767. The van der Waals surface area contributed by atoms with Gasteiger partial charge in [-0.2, -0.15) is 0 Å². The summed E-state index contributed by atoms with van der Waals surface area (Å²) in [6.45, 7) is 3.65. The highest BCUT2D eigenvalue weighted by atomic mass is 16.5. The van der Waals surface area contributed by atoms with Gasteiger partial charge in [0.1, 0.15) is 6.10 Å². The van der Waals surface area contributed by atoms with Crippen molar-refractivity contribution < 1.29 is 19.4 Å². The fourth-order valence-corrected chi connectivity index (χ4v) is 1.37. The molecule has 0 amide bonds. The summed E-state index contributed by atoms with van der Waals surface area (Å²) in [5.41, 5.74) is 0.434. The van der Waals surface area contributed by atoms with Crippen LogP contribution in [0.5, 0.6) is 0 Å². The van der Waals surface area contributed by atoms with Gasteiger partial charge in [-0.05, 0) is 18.1 Å². The third-order valence-electron chi connectivity index (χ3n) is 2.39. The molecule has 0 bridgehead atoms. The molecule has 0 saturated carbocycles. The van der Waals surface area contributed by atoms with Gasteiger partial charge in [0.2, 0.25) is 0 Å². The third-order valence-corrected chi connectivity index (χ3v) is 2.39. The van der Waals surface area contributed by atoms with Gasteiger partial charge in [0.15, 0.2) is 0 Å². The van der Waals surface area contributed by atoms with Gasteiger partial charge in [-0.1, -0.05) is 32.0 Å². The van der Waals surface area contributed by atoms with Gasteiger partial charge in [0, 0.05) is 0 Å². The Balaban J connectivity index is 2.68. The van der Waals surface area contributed by atoms with Crippen molar-refractivity contribution in [3.8, 4) is 0 Å². The highest BCUT2D eigenvalue weighted by Crippen LogP contribution is 2.13. The number of hydrogen-bond acceptors (Lipinski definition) is 3. The molecule has 1 rings (SSSR count). The zero-order chi connectivity index (χ0) is 12.8. The van der Waals surface area contributed by atoms with E-state index in [0.29, 0.717) is 5.56 Å². The lowest BCUT2D eigenvalue weighted by Gasteiger charge is -2.19. The van der Waals surface area contributed by atoms with E-state index in [9.17, 15) is 9.59 Å². The minimum Gasteiger partial charge on any atom is -0.481 e. The molecule has 0 aromatic heterocycles. The minimum absolute atomic E-state index is 0.0289. The second kappa shape index (κ2) is 6.03. The fourth-order valence-electron chi connectivity index (χ4n) is 1.37. The molecular weight excluding hydrogens is 220 g/mol. The molecule has 1 N–H and O–H groups in total. The Labute approximate surface area is 100 Å². The predicted molar refractivity (Wildman–Crippen MR) is 62.7 cm³/mol. The highest BCUT2D eigenvalue weighted by molar-refractivity contribution is 5.89. The average Bonchev–Trinajstić information content (AvgIpc) is 2.28. The molecular formula is C13H16O4. The van der Waals surface area contributed by atoms with E-state index >= 15 is 0 Å². The van der Waals surface area contributed by atoms with Crippen LogP contribution >= 0.6 is 0 Å². The van der Waals surface area contributed by atoms with E-state index < -0.39 is 18.0 Å². The Kier molecular flexibility index (Phi) is 4.69. The van der Waals surface area contributed by atoms with Crippen LogP contribution in [0, 0.1) is 5.92 Å². The largest absolute Gasteiger partial charge is 0.481 e. The number of carboxylic acids is 1. The molecule has 92 valence electrons. The van der Waals surface area contributed by atoms with E-state index in [-0.39, 0.29) is 12.3 Å². The van der Waals surface area contributed by atoms with Gasteiger partial charge >= 0.3 is 11.9 Å². The Morgan fingerprint density at radius 2 is 1.82 bits per heavy atom. The van der Waals surface area contributed by atoms with E-state index in [1.807, 2.05) is 13.8 Å². The predicted octanol–water partition coefficient (Wildman–Crippen LogP) is 2.34. The van der Waals surface area contributed by atoms with E-state index in [1.54, 1.807) is 30.3 Å². The number of carbonyl (C=O) groups excluding carboxylic acids is 1. The van der Waals surface area contributed by atoms with Crippen molar-refractivity contribution in [2.45, 2.75) is 26.4 Å². The third kappa shape index (κ3) is 4.26. The zero-order valence-electron chi connectivity index (χ0n) is 9.92. The molecule has 4 nitrogen and oxygen atoms in total. The second-order valence-electron chi connectivity index (χ2n) is 4.15. The van der Waals surface area contributed by atoms with Gasteiger partial charge in [0.25, 0.3) is 0 Å². The van der Waals surface area contributed by atoms with E-state index in [4.69, 9.17) is 9.84 Å². The standard InChI is InChI=1S/C13H16O4/c1-9(2)11(8-12(14)15)17-13(16)10-6-4-3-5-7-10/h3-7,9,11H,8H2,1-2H3,(H,14,15). The van der Waals surface area contributed by atoms with Crippen LogP contribution in [-0.4, -0.2) is 23.1 Å². The normalized spacial score (nSPS) is 12.2. The number of carboxylic acid groups (broad SMARTS) is 1. The molecule has 17 heavy (non-hydrogen) atoms. The lowest BCUT2D eigenvalue weighted by atomic mass is 10.0. The smallest absolute Gasteiger partial charge is 0.338 e. The van der Waals surface area contributed by atoms with Gasteiger partial charge in [-0.3, -0.25) is 4.79 Å². The molecule has 0 saturated heterocycles. The molecule has 0 aliphatic heterocycles. The van der Waals surface area contributed by atoms with Crippen molar-refractivity contribution >= 4 is 11.9 Å². The van der Waals surface area contributed by atoms with E-state index in [2.05, 4.69) is 0 Å². The summed E-state index contributed by atoms with van der Waals surface area (Å²) in [4.78, 5) is 22.4. The van der Waals surface area contributed by atoms with Crippen molar-refractivity contribution in [1.29, 1.82) is 0 Å². The number of benzene rings is 1. The number of carbonyl (C=O) groups is 2. The Morgan fingerprint density at radius 1 is 1.24 bits per heavy atom. The first-order valence-corrected chi connectivity index (χ1v) is 5.48. The highest BCUT2D eigenvalue weighted by Gasteiger charge is 2.22. The molecule has 4 heteroatoms. The summed E-state index contributed by atoms with van der Waals surface area (Å²) in [7, 11) is 0. The SMILES string of the molecule is CC(C)C(CC(=O)O)OC(=O)c1ccccc1. The van der Waals surface area contributed by atoms with Crippen molar-refractivity contribution in [2.24, 2.45) is 5.92 Å². The summed E-state index contributed by atoms with van der Waals surface area (Å²) >= 11 is 0. The number of rotatable bonds is 5. The molecule has 1 atom stereocenters. The van der Waals surface area contributed by atoms with Gasteiger partial charge in [-0.15, -0.1) is 0 Å². The average molecular weight is 236 g/mol. The molecule has 1 aromatic carbocycles. The topological polar surface area (TPSA) is 63.6 Å². The summed E-state index contributed by atoms with van der Waals surface area (Å²) in [6, 6.07) is 8.55. The molecule has 1 aromatic rings. The summed E-state index contributed by atoms with van der Waals surface area (Å²) < 4.78 is 5.19. The van der Waals surface area contributed by atoms with Crippen molar-refractivity contribution in [3.63, 3.8) is 0 Å². The Bertz CT molecular complexity index is 384. The van der Waals surface area contributed by atoms with Crippen molar-refractivity contribution in [1.82, 2.24) is 0 Å². The number of ether oxygens (including phenoxy) is 1. The van der Waals surface area contributed by atoms with E-state index in [0.717, 1.165) is 0 Å². The van der Waals surface area contributed by atoms with Crippen LogP contribution in [0.3, 0.4) is 0 Å². The number of aliphatic carboxylic acids is 1. The van der Waals surface area contributed by atoms with Crippen LogP contribution in [0.1, 0.15) is 30.6 Å². The van der Waals surface area contributed by atoms with E-state index in [1.165, 1.54) is 0 Å². The van der Waals surface area contributed by atoms with Gasteiger partial charge in [0.05, 0.1) is 12.0 Å². The van der Waals surface area contributed by atoms with Crippen LogP contribution in [0.15, 0.2) is 30.3 Å². The second-order valence-corrected chi connectivity index (χ2v) is 4.15. The maximum Gasteiger partial charge on any atom is 0.338 e. The lowest BCUT2D eigenvalue weighted by Crippen LogP contribution is -2.26. The van der Waals surface area contributed by atoms with Crippen molar-refractivity contribution in [3.05, 3.63) is 35.9 Å². The maximum absolute atomic E-state index is 11.7. The van der Waals surface area contributed by atoms with Crippen LogP contribution in [0.4, 0.5) is 0 Å².